The van der Waals surface area contributed by atoms with Crippen LogP contribution in [-0.2, 0) is 21.1 Å². The van der Waals surface area contributed by atoms with Crippen LogP contribution in [0.2, 0.25) is 0 Å². The molecular formula is C47H32N6OPt. The number of fused-ring (bicyclic) bond motifs is 4. The van der Waals surface area contributed by atoms with E-state index in [0.29, 0.717) is 11.5 Å². The van der Waals surface area contributed by atoms with Crippen LogP contribution < -0.4 is 24.3 Å². The SMILES string of the molecule is CN1[CH-]N(c2[c-]c(Oc3[c-]c(N4[CH-]N(c5c(-c6ccccc6)cccc5-c5ccccc5)c5c4ccc4ccccc54)ccc3)ccc2)c2nccnc21.[Pt+4]. The molecule has 0 amide bonds. The Bertz CT molecular complexity index is 2600. The maximum absolute atomic E-state index is 6.46. The van der Waals surface area contributed by atoms with Crippen LogP contribution in [0.1, 0.15) is 0 Å². The third kappa shape index (κ3) is 6.17. The molecule has 1 aromatic heterocycles. The molecule has 0 aliphatic carbocycles. The molecule has 0 saturated heterocycles. The van der Waals surface area contributed by atoms with Crippen LogP contribution in [0.5, 0.6) is 11.5 Å². The van der Waals surface area contributed by atoms with Crippen LogP contribution >= 0.6 is 0 Å². The molecule has 266 valence electrons. The Morgan fingerprint density at radius 2 is 1.09 bits per heavy atom. The van der Waals surface area contributed by atoms with Gasteiger partial charge in [-0.15, -0.1) is 55.4 Å². The molecular weight excluding hydrogens is 860 g/mol. The summed E-state index contributed by atoms with van der Waals surface area (Å²) in [5, 5.41) is 2.33. The first-order chi connectivity index (χ1) is 26.7. The first-order valence-corrected chi connectivity index (χ1v) is 17.8. The van der Waals surface area contributed by atoms with E-state index in [0.717, 1.165) is 67.7 Å². The monoisotopic (exact) mass is 891 g/mol. The van der Waals surface area contributed by atoms with Crippen molar-refractivity contribution in [3.8, 4) is 33.8 Å². The molecule has 3 heterocycles. The van der Waals surface area contributed by atoms with E-state index < -0.39 is 0 Å². The van der Waals surface area contributed by atoms with Gasteiger partial charge in [0, 0.05) is 57.5 Å². The van der Waals surface area contributed by atoms with Crippen LogP contribution in [-0.4, -0.2) is 17.0 Å². The minimum Gasteiger partial charge on any atom is -0.509 e. The quantitative estimate of drug-likeness (QED) is 0.148. The van der Waals surface area contributed by atoms with Crippen LogP contribution in [0, 0.1) is 25.5 Å². The fourth-order valence-electron chi connectivity index (χ4n) is 7.38. The van der Waals surface area contributed by atoms with Crippen LogP contribution in [0.4, 0.5) is 40.1 Å². The molecule has 0 saturated carbocycles. The van der Waals surface area contributed by atoms with E-state index in [9.17, 15) is 0 Å². The number of para-hydroxylation sites is 1. The summed E-state index contributed by atoms with van der Waals surface area (Å²) in [6.45, 7) is 4.13. The average Bonchev–Trinajstić information content (AvgIpc) is 3.80. The minimum absolute atomic E-state index is 0. The van der Waals surface area contributed by atoms with E-state index in [-0.39, 0.29) is 21.1 Å². The Labute approximate surface area is 335 Å². The largest absolute Gasteiger partial charge is 4.00 e. The minimum atomic E-state index is 0. The molecule has 7 nitrogen and oxygen atoms in total. The summed E-state index contributed by atoms with van der Waals surface area (Å²) >= 11 is 0. The number of benzene rings is 7. The maximum Gasteiger partial charge on any atom is 4.00 e. The van der Waals surface area contributed by atoms with Gasteiger partial charge in [-0.3, -0.25) is 0 Å². The molecule has 55 heavy (non-hydrogen) atoms. The summed E-state index contributed by atoms with van der Waals surface area (Å²) in [6.07, 6.45) is 3.39. The summed E-state index contributed by atoms with van der Waals surface area (Å²) in [4.78, 5) is 17.5. The maximum atomic E-state index is 6.46. The Kier molecular flexibility index (Phi) is 9.01. The number of anilines is 7. The first kappa shape index (κ1) is 34.3. The zero-order valence-corrected chi connectivity index (χ0v) is 31.9. The van der Waals surface area contributed by atoms with Gasteiger partial charge < -0.3 is 24.3 Å². The zero-order chi connectivity index (χ0) is 36.0. The van der Waals surface area contributed by atoms with Gasteiger partial charge >= 0.3 is 21.1 Å². The van der Waals surface area contributed by atoms with Gasteiger partial charge in [-0.25, -0.2) is 9.97 Å². The fourth-order valence-corrected chi connectivity index (χ4v) is 7.38. The molecule has 0 unspecified atom stereocenters. The van der Waals surface area contributed by atoms with Crippen LogP contribution in [0.3, 0.4) is 0 Å². The summed E-state index contributed by atoms with van der Waals surface area (Å²) in [7, 11) is 1.95. The molecule has 0 bridgehead atoms. The standard InChI is InChI=1S/C47H32N6O.Pt/c1-50-31-52(47-46(50)48-27-28-49-47)37-19-11-21-39(30-37)54-38-20-10-18-36(29-38)51-32-53(45-42-22-9-8-17-35(42)25-26-43(45)51)44-40(33-13-4-2-5-14-33)23-12-24-41(44)34-15-6-3-7-16-34;/h2-28,31-32H,1H3;/q-4;+4. The van der Waals surface area contributed by atoms with Crippen LogP contribution in [0.15, 0.2) is 164 Å². The van der Waals surface area contributed by atoms with Gasteiger partial charge in [0.2, 0.25) is 0 Å². The van der Waals surface area contributed by atoms with Crippen molar-refractivity contribution in [1.82, 2.24) is 9.97 Å². The molecule has 8 heteroatoms. The summed E-state index contributed by atoms with van der Waals surface area (Å²) in [5.41, 5.74) is 9.47. The van der Waals surface area contributed by atoms with Crippen molar-refractivity contribution in [2.24, 2.45) is 0 Å². The molecule has 10 rings (SSSR count). The topological polar surface area (TPSA) is 48.0 Å². The van der Waals surface area contributed by atoms with Crippen molar-refractivity contribution in [2.75, 3.05) is 26.6 Å². The van der Waals surface area contributed by atoms with E-state index in [1.165, 1.54) is 5.39 Å². The smallest absolute Gasteiger partial charge is 0.509 e. The zero-order valence-electron chi connectivity index (χ0n) is 29.7. The molecule has 0 radical (unpaired) electrons. The van der Waals surface area contributed by atoms with E-state index in [1.54, 1.807) is 12.4 Å². The Morgan fingerprint density at radius 3 is 1.76 bits per heavy atom. The van der Waals surface area contributed by atoms with Crippen molar-refractivity contribution in [1.29, 1.82) is 0 Å². The molecule has 8 aromatic rings. The Balaban J connectivity index is 0.00000397. The second-order valence-electron chi connectivity index (χ2n) is 13.1. The van der Waals surface area contributed by atoms with Gasteiger partial charge in [-0.1, -0.05) is 115 Å². The third-order valence-corrected chi connectivity index (χ3v) is 9.81. The van der Waals surface area contributed by atoms with E-state index in [1.807, 2.05) is 53.8 Å². The number of aromatic nitrogens is 2. The molecule has 2 aliphatic heterocycles. The van der Waals surface area contributed by atoms with Crippen LogP contribution in [0.25, 0.3) is 33.0 Å². The predicted molar refractivity (Wildman–Crippen MR) is 217 cm³/mol. The summed E-state index contributed by atoms with van der Waals surface area (Å²) in [5.74, 6) is 2.67. The Morgan fingerprint density at radius 1 is 0.509 bits per heavy atom. The molecule has 0 fully saturated rings. The van der Waals surface area contributed by atoms with Crippen molar-refractivity contribution in [3.63, 3.8) is 0 Å². The normalized spacial score (nSPS) is 13.1. The van der Waals surface area contributed by atoms with Gasteiger partial charge in [0.1, 0.15) is 11.6 Å². The van der Waals surface area contributed by atoms with Gasteiger partial charge in [0.05, 0.1) is 0 Å². The second-order valence-corrected chi connectivity index (χ2v) is 13.1. The van der Waals surface area contributed by atoms with E-state index >= 15 is 0 Å². The van der Waals surface area contributed by atoms with Crippen molar-refractivity contribution in [2.45, 2.75) is 0 Å². The van der Waals surface area contributed by atoms with Gasteiger partial charge in [-0.2, -0.15) is 12.1 Å². The molecule has 0 spiro atoms. The number of hydrogen-bond donors (Lipinski definition) is 0. The van der Waals surface area contributed by atoms with Crippen molar-refractivity contribution in [3.05, 3.63) is 190 Å². The molecule has 0 N–H and O–H groups in total. The van der Waals surface area contributed by atoms with Crippen molar-refractivity contribution >= 4 is 50.8 Å². The molecule has 2 aliphatic rings. The summed E-state index contributed by atoms with van der Waals surface area (Å²) < 4.78 is 6.46. The molecule has 0 atom stereocenters. The van der Waals surface area contributed by atoms with Gasteiger partial charge in [-0.05, 0) is 29.6 Å². The average molecular weight is 892 g/mol. The van der Waals surface area contributed by atoms with Gasteiger partial charge in [0.15, 0.2) is 0 Å². The second kappa shape index (κ2) is 14.4. The first-order valence-electron chi connectivity index (χ1n) is 17.8. The summed E-state index contributed by atoms with van der Waals surface area (Å²) in [6, 6.07) is 59.6. The van der Waals surface area contributed by atoms with E-state index in [2.05, 4.69) is 160 Å². The van der Waals surface area contributed by atoms with Crippen molar-refractivity contribution < 1.29 is 25.8 Å². The Hall–Kier alpha value is -6.43. The third-order valence-electron chi connectivity index (χ3n) is 9.81. The van der Waals surface area contributed by atoms with Gasteiger partial charge in [0.25, 0.3) is 0 Å². The predicted octanol–water partition coefficient (Wildman–Crippen LogP) is 11.5. The number of nitrogens with zero attached hydrogens (tertiary/aromatic N) is 6. The fraction of sp³-hybridized carbons (Fsp3) is 0.0213. The number of rotatable bonds is 7. The molecule has 7 aromatic carbocycles. The number of hydrogen-bond acceptors (Lipinski definition) is 7. The number of ether oxygens (including phenoxy) is 1. The van der Waals surface area contributed by atoms with E-state index in [4.69, 9.17) is 4.74 Å².